The highest BCUT2D eigenvalue weighted by molar-refractivity contribution is 5.83. The van der Waals surface area contributed by atoms with E-state index in [1.165, 1.54) is 6.33 Å². The Morgan fingerprint density at radius 3 is 2.68 bits per heavy atom. The molecule has 0 unspecified atom stereocenters. The number of aromatic amines is 1. The summed E-state index contributed by atoms with van der Waals surface area (Å²) in [5.41, 5.74) is 2.37. The molecule has 94 valence electrons. The second-order valence-electron chi connectivity index (χ2n) is 4.05. The number of nitrogens with one attached hydrogen (secondary N) is 1. The normalized spacial score (nSPS) is 10.6. The van der Waals surface area contributed by atoms with Gasteiger partial charge in [0.15, 0.2) is 0 Å². The second-order valence-corrected chi connectivity index (χ2v) is 4.05. The molecule has 5 nitrogen and oxygen atoms in total. The van der Waals surface area contributed by atoms with Gasteiger partial charge in [-0.2, -0.15) is 0 Å². The Kier molecular flexibility index (Phi) is 2.72. The lowest BCUT2D eigenvalue weighted by Gasteiger charge is -2.04. The molecule has 0 atom stereocenters. The van der Waals surface area contributed by atoms with Crippen LogP contribution in [0.25, 0.3) is 22.0 Å². The largest absolute Gasteiger partial charge is 0.481 e. The van der Waals surface area contributed by atoms with E-state index in [2.05, 4.69) is 15.0 Å². The van der Waals surface area contributed by atoms with E-state index >= 15 is 0 Å². The van der Waals surface area contributed by atoms with E-state index in [1.54, 1.807) is 19.4 Å². The van der Waals surface area contributed by atoms with Crippen LogP contribution in [0, 0.1) is 0 Å². The van der Waals surface area contributed by atoms with E-state index in [0.29, 0.717) is 16.8 Å². The van der Waals surface area contributed by atoms with Crippen LogP contribution < -0.4 is 10.3 Å². The van der Waals surface area contributed by atoms with Crippen LogP contribution in [0.3, 0.4) is 0 Å². The summed E-state index contributed by atoms with van der Waals surface area (Å²) in [6.45, 7) is 0. The van der Waals surface area contributed by atoms with Gasteiger partial charge in [0.1, 0.15) is 0 Å². The average molecular weight is 253 g/mol. The highest BCUT2D eigenvalue weighted by atomic mass is 16.5. The fourth-order valence-electron chi connectivity index (χ4n) is 1.92. The number of fused-ring (bicyclic) bond motifs is 1. The molecule has 1 N–H and O–H groups in total. The van der Waals surface area contributed by atoms with Crippen LogP contribution in [-0.4, -0.2) is 22.1 Å². The van der Waals surface area contributed by atoms with Crippen LogP contribution in [0.1, 0.15) is 0 Å². The van der Waals surface area contributed by atoms with Crippen LogP contribution in [0.4, 0.5) is 0 Å². The standard InChI is InChI=1S/C14H11N3O2/c1-19-13-5-3-10(7-15-13)9-2-4-12-11(6-9)14(18)17-8-16-12/h2-8H,1H3,(H,16,17,18). The maximum atomic E-state index is 11.7. The predicted molar refractivity (Wildman–Crippen MR) is 72.1 cm³/mol. The Morgan fingerprint density at radius 2 is 1.95 bits per heavy atom. The number of nitrogens with zero attached hydrogens (tertiary/aromatic N) is 2. The molecule has 2 aromatic heterocycles. The van der Waals surface area contributed by atoms with Crippen molar-refractivity contribution in [2.45, 2.75) is 0 Å². The van der Waals surface area contributed by atoms with Gasteiger partial charge in [-0.05, 0) is 23.8 Å². The molecule has 0 aliphatic rings. The number of ether oxygens (including phenoxy) is 1. The van der Waals surface area contributed by atoms with Gasteiger partial charge in [-0.3, -0.25) is 4.79 Å². The summed E-state index contributed by atoms with van der Waals surface area (Å²) < 4.78 is 5.02. The number of H-pyrrole nitrogens is 1. The summed E-state index contributed by atoms with van der Waals surface area (Å²) in [7, 11) is 1.57. The lowest BCUT2D eigenvalue weighted by Crippen LogP contribution is -2.05. The Balaban J connectivity index is 2.14. The summed E-state index contributed by atoms with van der Waals surface area (Å²) in [5, 5.41) is 0.566. The van der Waals surface area contributed by atoms with Crippen molar-refractivity contribution in [2.75, 3.05) is 7.11 Å². The van der Waals surface area contributed by atoms with Crippen LogP contribution in [0.2, 0.25) is 0 Å². The first-order valence-electron chi connectivity index (χ1n) is 5.76. The molecule has 0 saturated heterocycles. The molecule has 0 aliphatic carbocycles. The molecule has 3 aromatic rings. The van der Waals surface area contributed by atoms with Crippen LogP contribution in [0.5, 0.6) is 5.88 Å². The molecule has 0 saturated carbocycles. The zero-order chi connectivity index (χ0) is 13.2. The number of pyridine rings is 1. The third-order valence-corrected chi connectivity index (χ3v) is 2.92. The fourth-order valence-corrected chi connectivity index (χ4v) is 1.92. The van der Waals surface area contributed by atoms with Crippen molar-refractivity contribution >= 4 is 10.9 Å². The van der Waals surface area contributed by atoms with E-state index in [9.17, 15) is 4.79 Å². The van der Waals surface area contributed by atoms with E-state index in [-0.39, 0.29) is 5.56 Å². The minimum Gasteiger partial charge on any atom is -0.481 e. The lowest BCUT2D eigenvalue weighted by molar-refractivity contribution is 0.398. The number of rotatable bonds is 2. The topological polar surface area (TPSA) is 67.9 Å². The van der Waals surface area contributed by atoms with E-state index in [4.69, 9.17) is 4.74 Å². The molecule has 0 amide bonds. The fraction of sp³-hybridized carbons (Fsp3) is 0.0714. The third-order valence-electron chi connectivity index (χ3n) is 2.92. The summed E-state index contributed by atoms with van der Waals surface area (Å²) in [6, 6.07) is 9.23. The monoisotopic (exact) mass is 253 g/mol. The quantitative estimate of drug-likeness (QED) is 0.758. The van der Waals surface area contributed by atoms with Crippen molar-refractivity contribution < 1.29 is 4.74 Å². The molecule has 1 aromatic carbocycles. The predicted octanol–water partition coefficient (Wildman–Crippen LogP) is 1.99. The SMILES string of the molecule is COc1ccc(-c2ccc3nc[nH]c(=O)c3c2)cn1. The summed E-state index contributed by atoms with van der Waals surface area (Å²) in [5.74, 6) is 0.559. The van der Waals surface area contributed by atoms with Gasteiger partial charge in [0.2, 0.25) is 5.88 Å². The third kappa shape index (κ3) is 2.06. The number of hydrogen-bond acceptors (Lipinski definition) is 4. The molecule has 0 radical (unpaired) electrons. The van der Waals surface area contributed by atoms with Gasteiger partial charge >= 0.3 is 0 Å². The molecule has 0 aliphatic heterocycles. The van der Waals surface area contributed by atoms with Gasteiger partial charge in [-0.25, -0.2) is 9.97 Å². The summed E-state index contributed by atoms with van der Waals surface area (Å²) >= 11 is 0. The maximum absolute atomic E-state index is 11.7. The Labute approximate surface area is 108 Å². The Morgan fingerprint density at radius 1 is 1.11 bits per heavy atom. The van der Waals surface area contributed by atoms with Crippen molar-refractivity contribution in [3.05, 3.63) is 53.2 Å². The lowest BCUT2D eigenvalue weighted by atomic mass is 10.1. The average Bonchev–Trinajstić information content (AvgIpc) is 2.47. The molecule has 0 spiro atoms. The van der Waals surface area contributed by atoms with Gasteiger partial charge in [0, 0.05) is 17.8 Å². The molecular weight excluding hydrogens is 242 g/mol. The van der Waals surface area contributed by atoms with E-state index in [1.807, 2.05) is 24.3 Å². The maximum Gasteiger partial charge on any atom is 0.258 e. The number of benzene rings is 1. The van der Waals surface area contributed by atoms with Crippen LogP contribution in [0.15, 0.2) is 47.7 Å². The molecule has 0 fully saturated rings. The van der Waals surface area contributed by atoms with Gasteiger partial charge < -0.3 is 9.72 Å². The number of hydrogen-bond donors (Lipinski definition) is 1. The molecule has 19 heavy (non-hydrogen) atoms. The van der Waals surface area contributed by atoms with Crippen molar-refractivity contribution in [1.82, 2.24) is 15.0 Å². The highest BCUT2D eigenvalue weighted by Gasteiger charge is 2.04. The molecule has 3 rings (SSSR count). The first kappa shape index (κ1) is 11.4. The highest BCUT2D eigenvalue weighted by Crippen LogP contribution is 2.22. The second kappa shape index (κ2) is 4.53. The van der Waals surface area contributed by atoms with Gasteiger partial charge in [0.05, 0.1) is 24.3 Å². The minimum atomic E-state index is -0.145. The molecule has 5 heteroatoms. The first-order chi connectivity index (χ1) is 9.28. The molecular formula is C14H11N3O2. The van der Waals surface area contributed by atoms with Crippen molar-refractivity contribution in [3.8, 4) is 17.0 Å². The number of methoxy groups -OCH3 is 1. The van der Waals surface area contributed by atoms with Gasteiger partial charge in [-0.15, -0.1) is 0 Å². The van der Waals surface area contributed by atoms with Crippen LogP contribution >= 0.6 is 0 Å². The van der Waals surface area contributed by atoms with Crippen molar-refractivity contribution in [2.24, 2.45) is 0 Å². The Hall–Kier alpha value is -2.69. The van der Waals surface area contributed by atoms with Gasteiger partial charge in [0.25, 0.3) is 5.56 Å². The first-order valence-corrected chi connectivity index (χ1v) is 5.76. The smallest absolute Gasteiger partial charge is 0.258 e. The molecule has 0 bridgehead atoms. The zero-order valence-corrected chi connectivity index (χ0v) is 10.3. The molecule has 2 heterocycles. The zero-order valence-electron chi connectivity index (χ0n) is 10.3. The van der Waals surface area contributed by atoms with E-state index in [0.717, 1.165) is 11.1 Å². The van der Waals surface area contributed by atoms with Crippen molar-refractivity contribution in [3.63, 3.8) is 0 Å². The summed E-state index contributed by atoms with van der Waals surface area (Å²) in [4.78, 5) is 22.6. The minimum absolute atomic E-state index is 0.145. The number of aromatic nitrogens is 3. The van der Waals surface area contributed by atoms with Gasteiger partial charge in [-0.1, -0.05) is 6.07 Å². The summed E-state index contributed by atoms with van der Waals surface area (Å²) in [6.07, 6.45) is 3.11. The van der Waals surface area contributed by atoms with E-state index < -0.39 is 0 Å². The Bertz CT molecular complexity index is 779. The van der Waals surface area contributed by atoms with Crippen LogP contribution in [-0.2, 0) is 0 Å². The van der Waals surface area contributed by atoms with Crippen molar-refractivity contribution in [1.29, 1.82) is 0 Å².